The highest BCUT2D eigenvalue weighted by molar-refractivity contribution is 5.50. The highest BCUT2D eigenvalue weighted by Gasteiger charge is 2.06. The van der Waals surface area contributed by atoms with Gasteiger partial charge >= 0.3 is 0 Å². The van der Waals surface area contributed by atoms with Crippen LogP contribution in [0.5, 0.6) is 0 Å². The molecule has 0 unspecified atom stereocenters. The smallest absolute Gasteiger partial charge is 0.271 e. The van der Waals surface area contributed by atoms with Crippen molar-refractivity contribution in [2.75, 3.05) is 5.32 Å². The van der Waals surface area contributed by atoms with E-state index in [0.29, 0.717) is 23.9 Å². The molecule has 0 aliphatic heterocycles. The largest absolute Gasteiger partial charge is 0.377 e. The van der Waals surface area contributed by atoms with Crippen molar-refractivity contribution in [3.05, 3.63) is 46.1 Å². The summed E-state index contributed by atoms with van der Waals surface area (Å²) in [5.41, 5.74) is 0.681. The molecule has 0 saturated carbocycles. The predicted molar refractivity (Wildman–Crippen MR) is 59.5 cm³/mol. The Bertz CT molecular complexity index is 538. The van der Waals surface area contributed by atoms with Crippen LogP contribution in [0.4, 0.5) is 11.4 Å². The maximum Gasteiger partial charge on any atom is 0.271 e. The second-order valence-corrected chi connectivity index (χ2v) is 3.39. The monoisotopic (exact) mass is 234 g/mol. The number of nitrogens with one attached hydrogen (secondary N) is 1. The fraction of sp³-hybridized carbons (Fsp3) is 0.200. The number of rotatable bonds is 4. The second kappa shape index (κ2) is 4.60. The number of aromatic nitrogens is 2. The Morgan fingerprint density at radius 2 is 2.35 bits per heavy atom. The third kappa shape index (κ3) is 2.77. The van der Waals surface area contributed by atoms with E-state index in [4.69, 9.17) is 4.52 Å². The summed E-state index contributed by atoms with van der Waals surface area (Å²) in [6.07, 6.45) is 0. The summed E-state index contributed by atoms with van der Waals surface area (Å²) in [4.78, 5) is 14.1. The van der Waals surface area contributed by atoms with Crippen LogP contribution in [0.15, 0.2) is 28.8 Å². The zero-order chi connectivity index (χ0) is 12.3. The van der Waals surface area contributed by atoms with Crippen molar-refractivity contribution < 1.29 is 9.45 Å². The first-order valence-corrected chi connectivity index (χ1v) is 4.92. The minimum Gasteiger partial charge on any atom is -0.377 e. The van der Waals surface area contributed by atoms with Crippen LogP contribution in [-0.4, -0.2) is 15.1 Å². The minimum atomic E-state index is -0.441. The number of hydrogen-bond donors (Lipinski definition) is 1. The lowest BCUT2D eigenvalue weighted by Crippen LogP contribution is -2.01. The van der Waals surface area contributed by atoms with Crippen LogP contribution in [-0.2, 0) is 6.54 Å². The van der Waals surface area contributed by atoms with Crippen molar-refractivity contribution in [3.8, 4) is 0 Å². The van der Waals surface area contributed by atoms with Crippen LogP contribution in [0.2, 0.25) is 0 Å². The van der Waals surface area contributed by atoms with Gasteiger partial charge in [-0.15, -0.1) is 0 Å². The molecule has 2 rings (SSSR count). The number of nitro groups is 1. The maximum absolute atomic E-state index is 10.6. The van der Waals surface area contributed by atoms with E-state index in [1.807, 2.05) is 0 Å². The van der Waals surface area contributed by atoms with Crippen molar-refractivity contribution in [1.82, 2.24) is 10.1 Å². The summed E-state index contributed by atoms with van der Waals surface area (Å²) in [6, 6.07) is 6.23. The number of hydrogen-bond acceptors (Lipinski definition) is 6. The standard InChI is InChI=1S/C10H10N4O3/c1-7-12-10(13-17-7)6-11-8-3-2-4-9(5-8)14(15)16/h2-5,11H,6H2,1H3. The number of aryl methyl sites for hydroxylation is 1. The molecule has 0 fully saturated rings. The van der Waals surface area contributed by atoms with Crippen molar-refractivity contribution in [3.63, 3.8) is 0 Å². The van der Waals surface area contributed by atoms with Gasteiger partial charge in [-0.05, 0) is 6.07 Å². The van der Waals surface area contributed by atoms with Crippen molar-refractivity contribution in [1.29, 1.82) is 0 Å². The molecule has 0 saturated heterocycles. The molecular weight excluding hydrogens is 224 g/mol. The van der Waals surface area contributed by atoms with Gasteiger partial charge in [0.25, 0.3) is 5.69 Å². The molecule has 1 N–H and O–H groups in total. The van der Waals surface area contributed by atoms with Gasteiger partial charge in [-0.3, -0.25) is 10.1 Å². The molecule has 0 bridgehead atoms. The Kier molecular flexibility index (Phi) is 2.99. The van der Waals surface area contributed by atoms with E-state index in [0.717, 1.165) is 0 Å². The molecule has 2 aromatic rings. The summed E-state index contributed by atoms with van der Waals surface area (Å²) in [5, 5.41) is 17.3. The van der Waals surface area contributed by atoms with Crippen LogP contribution in [0.25, 0.3) is 0 Å². The molecule has 1 aromatic heterocycles. The van der Waals surface area contributed by atoms with Gasteiger partial charge in [0.05, 0.1) is 11.5 Å². The Morgan fingerprint density at radius 1 is 1.53 bits per heavy atom. The molecule has 0 atom stereocenters. The van der Waals surface area contributed by atoms with Crippen LogP contribution in [0.3, 0.4) is 0 Å². The van der Waals surface area contributed by atoms with Crippen LogP contribution in [0.1, 0.15) is 11.7 Å². The topological polar surface area (TPSA) is 94.1 Å². The Hall–Kier alpha value is -2.44. The van der Waals surface area contributed by atoms with Crippen molar-refractivity contribution in [2.24, 2.45) is 0 Å². The zero-order valence-corrected chi connectivity index (χ0v) is 9.08. The number of nitrogens with zero attached hydrogens (tertiary/aromatic N) is 3. The third-order valence-corrected chi connectivity index (χ3v) is 2.08. The molecule has 7 heteroatoms. The summed E-state index contributed by atoms with van der Waals surface area (Å²) in [7, 11) is 0. The van der Waals surface area contributed by atoms with E-state index < -0.39 is 4.92 Å². The lowest BCUT2D eigenvalue weighted by atomic mass is 10.3. The van der Waals surface area contributed by atoms with Crippen LogP contribution in [0, 0.1) is 17.0 Å². The van der Waals surface area contributed by atoms with E-state index in [-0.39, 0.29) is 5.69 Å². The number of benzene rings is 1. The van der Waals surface area contributed by atoms with Crippen LogP contribution < -0.4 is 5.32 Å². The van der Waals surface area contributed by atoms with E-state index in [2.05, 4.69) is 15.5 Å². The average molecular weight is 234 g/mol. The number of non-ortho nitro benzene ring substituents is 1. The van der Waals surface area contributed by atoms with Crippen molar-refractivity contribution in [2.45, 2.75) is 13.5 Å². The molecule has 0 aliphatic rings. The minimum absolute atomic E-state index is 0.0410. The van der Waals surface area contributed by atoms with E-state index in [9.17, 15) is 10.1 Å². The SMILES string of the molecule is Cc1nc(CNc2cccc([N+](=O)[O-])c2)no1. The van der Waals surface area contributed by atoms with Gasteiger partial charge in [0, 0.05) is 24.7 Å². The van der Waals surface area contributed by atoms with Gasteiger partial charge in [-0.2, -0.15) is 4.98 Å². The summed E-state index contributed by atoms with van der Waals surface area (Å²) in [6.45, 7) is 2.06. The van der Waals surface area contributed by atoms with Crippen molar-refractivity contribution >= 4 is 11.4 Å². The molecule has 0 aliphatic carbocycles. The average Bonchev–Trinajstić information content (AvgIpc) is 2.73. The van der Waals surface area contributed by atoms with Gasteiger partial charge in [-0.25, -0.2) is 0 Å². The van der Waals surface area contributed by atoms with Crippen LogP contribution >= 0.6 is 0 Å². The Balaban J connectivity index is 2.04. The summed E-state index contributed by atoms with van der Waals surface area (Å²) in [5.74, 6) is 0.995. The fourth-order valence-electron chi connectivity index (χ4n) is 1.32. The van der Waals surface area contributed by atoms with E-state index in [1.165, 1.54) is 12.1 Å². The van der Waals surface area contributed by atoms with Gasteiger partial charge < -0.3 is 9.84 Å². The normalized spacial score (nSPS) is 10.2. The second-order valence-electron chi connectivity index (χ2n) is 3.39. The first kappa shape index (κ1) is 11.1. The zero-order valence-electron chi connectivity index (χ0n) is 9.08. The van der Waals surface area contributed by atoms with Gasteiger partial charge in [-0.1, -0.05) is 11.2 Å². The molecule has 88 valence electrons. The molecule has 0 spiro atoms. The first-order valence-electron chi connectivity index (χ1n) is 4.92. The fourth-order valence-corrected chi connectivity index (χ4v) is 1.32. The van der Waals surface area contributed by atoms with E-state index in [1.54, 1.807) is 19.1 Å². The molecule has 1 heterocycles. The highest BCUT2D eigenvalue weighted by atomic mass is 16.6. The first-order chi connectivity index (χ1) is 8.15. The molecule has 0 amide bonds. The van der Waals surface area contributed by atoms with Gasteiger partial charge in [0.2, 0.25) is 5.89 Å². The van der Waals surface area contributed by atoms with E-state index >= 15 is 0 Å². The quantitative estimate of drug-likeness (QED) is 0.641. The molecule has 0 radical (unpaired) electrons. The highest BCUT2D eigenvalue weighted by Crippen LogP contribution is 2.17. The number of nitro benzene ring substituents is 1. The molecule has 17 heavy (non-hydrogen) atoms. The van der Waals surface area contributed by atoms with Gasteiger partial charge in [0.15, 0.2) is 5.82 Å². The predicted octanol–water partition coefficient (Wildman–Crippen LogP) is 1.90. The Labute approximate surface area is 96.6 Å². The molecular formula is C10H10N4O3. The van der Waals surface area contributed by atoms with Gasteiger partial charge in [0.1, 0.15) is 0 Å². The molecule has 7 nitrogen and oxygen atoms in total. The third-order valence-electron chi connectivity index (χ3n) is 2.08. The Morgan fingerprint density at radius 3 is 3.00 bits per heavy atom. The maximum atomic E-state index is 10.6. The molecule has 1 aromatic carbocycles. The lowest BCUT2D eigenvalue weighted by Gasteiger charge is -2.02. The number of anilines is 1. The summed E-state index contributed by atoms with van der Waals surface area (Å²) < 4.78 is 4.81. The lowest BCUT2D eigenvalue weighted by molar-refractivity contribution is -0.384. The summed E-state index contributed by atoms with van der Waals surface area (Å²) >= 11 is 0.